The average molecular weight is 405 g/mol. The summed E-state index contributed by atoms with van der Waals surface area (Å²) in [7, 11) is 0. The standard InChI is InChI=1S/C20H18Cl2N2O3/c1-3-27-20(26)14(9-12-7-8-15(21)16(22)10-12)18-13-6-4-5-11(2)17(13)19(25)24-23-18/h4-8,10,14H,3,9H2,1-2H3,(H,24,25). The highest BCUT2D eigenvalue weighted by Gasteiger charge is 2.27. The molecule has 1 unspecified atom stereocenters. The van der Waals surface area contributed by atoms with Crippen LogP contribution >= 0.6 is 23.2 Å². The molecule has 0 spiro atoms. The molecule has 1 heterocycles. The van der Waals surface area contributed by atoms with E-state index in [1.807, 2.05) is 19.1 Å². The van der Waals surface area contributed by atoms with Crippen LogP contribution in [0, 0.1) is 6.92 Å². The summed E-state index contributed by atoms with van der Waals surface area (Å²) < 4.78 is 5.26. The average Bonchev–Trinajstić information content (AvgIpc) is 2.63. The monoisotopic (exact) mass is 404 g/mol. The van der Waals surface area contributed by atoms with E-state index in [0.717, 1.165) is 11.1 Å². The summed E-state index contributed by atoms with van der Waals surface area (Å²) in [5, 5.41) is 8.70. The van der Waals surface area contributed by atoms with Gasteiger partial charge in [-0.2, -0.15) is 5.10 Å². The van der Waals surface area contributed by atoms with E-state index in [4.69, 9.17) is 27.9 Å². The second-order valence-electron chi connectivity index (χ2n) is 6.19. The number of H-pyrrole nitrogens is 1. The van der Waals surface area contributed by atoms with Gasteiger partial charge in [-0.05, 0) is 43.5 Å². The van der Waals surface area contributed by atoms with Crippen LogP contribution in [0.1, 0.15) is 29.7 Å². The SMILES string of the molecule is CCOC(=O)C(Cc1ccc(Cl)c(Cl)c1)c1n[nH]c(=O)c2c(C)cccc12. The van der Waals surface area contributed by atoms with E-state index in [-0.39, 0.29) is 12.2 Å². The van der Waals surface area contributed by atoms with Crippen molar-refractivity contribution in [3.63, 3.8) is 0 Å². The molecule has 0 aliphatic rings. The van der Waals surface area contributed by atoms with E-state index in [1.54, 1.807) is 31.2 Å². The fourth-order valence-corrected chi connectivity index (χ4v) is 3.43. The molecule has 0 fully saturated rings. The molecule has 3 aromatic rings. The van der Waals surface area contributed by atoms with Crippen LogP contribution in [0.15, 0.2) is 41.2 Å². The number of nitrogens with zero attached hydrogens (tertiary/aromatic N) is 1. The molecular formula is C20H18Cl2N2O3. The lowest BCUT2D eigenvalue weighted by Crippen LogP contribution is -2.22. The molecule has 140 valence electrons. The number of benzene rings is 2. The number of esters is 1. The Morgan fingerprint density at radius 2 is 2.00 bits per heavy atom. The van der Waals surface area contributed by atoms with Crippen molar-refractivity contribution in [1.82, 2.24) is 10.2 Å². The summed E-state index contributed by atoms with van der Waals surface area (Å²) in [4.78, 5) is 24.9. The van der Waals surface area contributed by atoms with Crippen LogP contribution in [-0.2, 0) is 16.0 Å². The Labute approximate surface area is 166 Å². The number of hydrogen-bond donors (Lipinski definition) is 1. The van der Waals surface area contributed by atoms with E-state index in [9.17, 15) is 9.59 Å². The number of nitrogens with one attached hydrogen (secondary N) is 1. The number of fused-ring (bicyclic) bond motifs is 1. The lowest BCUT2D eigenvalue weighted by molar-refractivity contribution is -0.145. The zero-order valence-electron chi connectivity index (χ0n) is 14.9. The highest BCUT2D eigenvalue weighted by molar-refractivity contribution is 6.42. The van der Waals surface area contributed by atoms with Gasteiger partial charge in [0, 0.05) is 5.39 Å². The molecule has 1 aromatic heterocycles. The molecule has 0 amide bonds. The largest absolute Gasteiger partial charge is 0.465 e. The van der Waals surface area contributed by atoms with Gasteiger partial charge in [-0.15, -0.1) is 0 Å². The number of rotatable bonds is 5. The van der Waals surface area contributed by atoms with Crippen molar-refractivity contribution in [2.24, 2.45) is 0 Å². The van der Waals surface area contributed by atoms with Crippen LogP contribution in [0.2, 0.25) is 10.0 Å². The van der Waals surface area contributed by atoms with Crippen LogP contribution in [0.3, 0.4) is 0 Å². The smallest absolute Gasteiger partial charge is 0.315 e. The van der Waals surface area contributed by atoms with Gasteiger partial charge >= 0.3 is 5.97 Å². The van der Waals surface area contributed by atoms with Gasteiger partial charge < -0.3 is 4.74 Å². The number of carbonyl (C=O) groups is 1. The number of aromatic amines is 1. The summed E-state index contributed by atoms with van der Waals surface area (Å²) >= 11 is 12.1. The Bertz CT molecular complexity index is 1060. The molecule has 27 heavy (non-hydrogen) atoms. The molecule has 0 aliphatic heterocycles. The second-order valence-corrected chi connectivity index (χ2v) is 7.01. The van der Waals surface area contributed by atoms with Crippen LogP contribution in [-0.4, -0.2) is 22.8 Å². The molecule has 0 bridgehead atoms. The number of halogens is 2. The van der Waals surface area contributed by atoms with Gasteiger partial charge in [-0.3, -0.25) is 9.59 Å². The number of aryl methyl sites for hydroxylation is 1. The van der Waals surface area contributed by atoms with E-state index >= 15 is 0 Å². The minimum Gasteiger partial charge on any atom is -0.465 e. The van der Waals surface area contributed by atoms with Gasteiger partial charge in [-0.25, -0.2) is 5.10 Å². The fraction of sp³-hybridized carbons (Fsp3) is 0.250. The van der Waals surface area contributed by atoms with Gasteiger partial charge in [-0.1, -0.05) is 47.5 Å². The van der Waals surface area contributed by atoms with E-state index in [0.29, 0.717) is 32.9 Å². The number of hydrogen-bond acceptors (Lipinski definition) is 4. The first-order valence-electron chi connectivity index (χ1n) is 8.50. The van der Waals surface area contributed by atoms with E-state index in [1.165, 1.54) is 0 Å². The third-order valence-electron chi connectivity index (χ3n) is 4.38. The summed E-state index contributed by atoms with van der Waals surface area (Å²) in [5.74, 6) is -1.10. The van der Waals surface area contributed by atoms with E-state index in [2.05, 4.69) is 10.2 Å². The van der Waals surface area contributed by atoms with E-state index < -0.39 is 11.9 Å². The molecule has 2 aromatic carbocycles. The van der Waals surface area contributed by atoms with Crippen LogP contribution in [0.5, 0.6) is 0 Å². The molecular weight excluding hydrogens is 387 g/mol. The van der Waals surface area contributed by atoms with Gasteiger partial charge in [0.05, 0.1) is 27.7 Å². The Kier molecular flexibility index (Phi) is 5.82. The first-order chi connectivity index (χ1) is 12.9. The van der Waals surface area contributed by atoms with Crippen LogP contribution in [0.25, 0.3) is 10.8 Å². The zero-order valence-corrected chi connectivity index (χ0v) is 16.4. The number of aromatic nitrogens is 2. The molecule has 7 heteroatoms. The zero-order chi connectivity index (χ0) is 19.6. The minimum absolute atomic E-state index is 0.247. The second kappa shape index (κ2) is 8.11. The van der Waals surface area contributed by atoms with Crippen molar-refractivity contribution >= 4 is 39.9 Å². The molecule has 5 nitrogen and oxygen atoms in total. The topological polar surface area (TPSA) is 72.0 Å². The number of carbonyl (C=O) groups excluding carboxylic acids is 1. The third-order valence-corrected chi connectivity index (χ3v) is 5.12. The van der Waals surface area contributed by atoms with Gasteiger partial charge in [0.2, 0.25) is 0 Å². The Hall–Kier alpha value is -2.37. The predicted octanol–water partition coefficient (Wildman–Crippen LogP) is 4.43. The lowest BCUT2D eigenvalue weighted by Gasteiger charge is -2.17. The Balaban J connectivity index is 2.14. The number of ether oxygens (including phenoxy) is 1. The van der Waals surface area contributed by atoms with Crippen molar-refractivity contribution in [3.05, 3.63) is 73.6 Å². The highest BCUT2D eigenvalue weighted by atomic mass is 35.5. The maximum Gasteiger partial charge on any atom is 0.315 e. The first-order valence-corrected chi connectivity index (χ1v) is 9.26. The van der Waals surface area contributed by atoms with Gasteiger partial charge in [0.15, 0.2) is 0 Å². The summed E-state index contributed by atoms with van der Waals surface area (Å²) in [5.41, 5.74) is 1.81. The first kappa shape index (κ1) is 19.4. The lowest BCUT2D eigenvalue weighted by atomic mass is 9.92. The highest BCUT2D eigenvalue weighted by Crippen LogP contribution is 2.30. The van der Waals surface area contributed by atoms with Gasteiger partial charge in [0.25, 0.3) is 5.56 Å². The maximum atomic E-state index is 12.7. The molecule has 3 rings (SSSR count). The maximum absolute atomic E-state index is 12.7. The minimum atomic E-state index is -0.691. The summed E-state index contributed by atoms with van der Waals surface area (Å²) in [6.07, 6.45) is 0.317. The van der Waals surface area contributed by atoms with Gasteiger partial charge in [0.1, 0.15) is 5.92 Å². The quantitative estimate of drug-likeness (QED) is 0.638. The summed E-state index contributed by atoms with van der Waals surface area (Å²) in [6.45, 7) is 3.84. The molecule has 0 radical (unpaired) electrons. The molecule has 0 saturated carbocycles. The van der Waals surface area contributed by atoms with Crippen LogP contribution in [0.4, 0.5) is 0 Å². The molecule has 0 saturated heterocycles. The third kappa shape index (κ3) is 3.99. The van der Waals surface area contributed by atoms with Crippen molar-refractivity contribution < 1.29 is 9.53 Å². The normalized spacial score (nSPS) is 12.1. The fourth-order valence-electron chi connectivity index (χ4n) is 3.11. The van der Waals surface area contributed by atoms with Crippen molar-refractivity contribution in [2.45, 2.75) is 26.2 Å². The van der Waals surface area contributed by atoms with Crippen molar-refractivity contribution in [2.75, 3.05) is 6.61 Å². The van der Waals surface area contributed by atoms with Crippen molar-refractivity contribution in [3.8, 4) is 0 Å². The molecule has 1 atom stereocenters. The predicted molar refractivity (Wildman–Crippen MR) is 107 cm³/mol. The Morgan fingerprint density at radius 3 is 2.70 bits per heavy atom. The summed E-state index contributed by atoms with van der Waals surface area (Å²) in [6, 6.07) is 10.7. The van der Waals surface area contributed by atoms with Crippen LogP contribution < -0.4 is 5.56 Å². The molecule has 0 aliphatic carbocycles. The van der Waals surface area contributed by atoms with Crippen molar-refractivity contribution in [1.29, 1.82) is 0 Å². The molecule has 1 N–H and O–H groups in total. The Morgan fingerprint density at radius 1 is 1.22 bits per heavy atom.